The fourth-order valence-corrected chi connectivity index (χ4v) is 1.73. The van der Waals surface area contributed by atoms with Crippen molar-refractivity contribution >= 4 is 39.1 Å². The van der Waals surface area contributed by atoms with E-state index in [2.05, 4.69) is 27.8 Å². The third kappa shape index (κ3) is 2.35. The van der Waals surface area contributed by atoms with Gasteiger partial charge in [0.15, 0.2) is 0 Å². The molecule has 1 aromatic heterocycles. The van der Waals surface area contributed by atoms with Gasteiger partial charge in [-0.3, -0.25) is 4.98 Å². The lowest BCUT2D eigenvalue weighted by Gasteiger charge is -2.08. The van der Waals surface area contributed by atoms with Crippen LogP contribution in [-0.4, -0.2) is 10.3 Å². The maximum atomic E-state index is 5.94. The molecule has 1 aromatic rings. The first-order valence-electron chi connectivity index (χ1n) is 3.52. The molecular formula is C8H8BrCl2N. The monoisotopic (exact) mass is 267 g/mol. The first kappa shape index (κ1) is 10.3. The summed E-state index contributed by atoms with van der Waals surface area (Å²) in [5, 5.41) is 2.06. The smallest absolute Gasteiger partial charge is 0.0639 e. The van der Waals surface area contributed by atoms with Crippen molar-refractivity contribution in [1.29, 1.82) is 0 Å². The van der Waals surface area contributed by atoms with Crippen LogP contribution in [0.5, 0.6) is 0 Å². The Bertz CT molecular complexity index is 278. The predicted octanol–water partition coefficient (Wildman–Crippen LogP) is 3.89. The molecule has 0 aromatic carbocycles. The van der Waals surface area contributed by atoms with Gasteiger partial charge in [-0.2, -0.15) is 0 Å². The number of hydrogen-bond donors (Lipinski definition) is 0. The number of hydrogen-bond acceptors (Lipinski definition) is 1. The van der Waals surface area contributed by atoms with E-state index in [1.54, 1.807) is 12.3 Å². The summed E-state index contributed by atoms with van der Waals surface area (Å²) in [6.07, 6.45) is 1.61. The third-order valence-corrected chi connectivity index (χ3v) is 3.02. The highest BCUT2D eigenvalue weighted by molar-refractivity contribution is 9.09. The Morgan fingerprint density at radius 2 is 2.25 bits per heavy atom. The fraction of sp³-hybridized carbons (Fsp3) is 0.375. The van der Waals surface area contributed by atoms with Crippen molar-refractivity contribution in [2.45, 2.75) is 12.8 Å². The highest BCUT2D eigenvalue weighted by Gasteiger charge is 2.09. The van der Waals surface area contributed by atoms with E-state index in [1.807, 2.05) is 0 Å². The van der Waals surface area contributed by atoms with Crippen molar-refractivity contribution < 1.29 is 0 Å². The second kappa shape index (κ2) is 4.45. The van der Waals surface area contributed by atoms with Crippen molar-refractivity contribution in [3.63, 3.8) is 0 Å². The maximum absolute atomic E-state index is 5.94. The first-order valence-corrected chi connectivity index (χ1v) is 5.39. The van der Waals surface area contributed by atoms with Crippen LogP contribution in [0.4, 0.5) is 0 Å². The number of rotatable bonds is 2. The average molecular weight is 269 g/mol. The van der Waals surface area contributed by atoms with Gasteiger partial charge in [-0.25, -0.2) is 0 Å². The molecule has 0 saturated carbocycles. The minimum atomic E-state index is 0.315. The lowest BCUT2D eigenvalue weighted by Crippen LogP contribution is -1.98. The number of nitrogens with zero attached hydrogens (tertiary/aromatic N) is 1. The van der Waals surface area contributed by atoms with Crippen LogP contribution in [0, 0.1) is 0 Å². The number of alkyl halides is 1. The van der Waals surface area contributed by atoms with Gasteiger partial charge in [-0.05, 0) is 6.07 Å². The molecule has 0 saturated heterocycles. The zero-order valence-electron chi connectivity index (χ0n) is 6.52. The van der Waals surface area contributed by atoms with Gasteiger partial charge in [0.1, 0.15) is 0 Å². The van der Waals surface area contributed by atoms with E-state index in [9.17, 15) is 0 Å². The second-order valence-corrected chi connectivity index (χ2v) is 4.07. The molecule has 4 heteroatoms. The van der Waals surface area contributed by atoms with E-state index in [0.29, 0.717) is 16.0 Å². The Labute approximate surface area is 90.2 Å². The Morgan fingerprint density at radius 3 is 2.75 bits per heavy atom. The largest absolute Gasteiger partial charge is 0.258 e. The van der Waals surface area contributed by atoms with E-state index in [-0.39, 0.29) is 0 Å². The molecule has 0 bridgehead atoms. The maximum Gasteiger partial charge on any atom is 0.0639 e. The van der Waals surface area contributed by atoms with E-state index >= 15 is 0 Å². The number of aromatic nitrogens is 1. The van der Waals surface area contributed by atoms with Gasteiger partial charge in [-0.1, -0.05) is 46.1 Å². The molecule has 0 fully saturated rings. The number of halogens is 3. The summed E-state index contributed by atoms with van der Waals surface area (Å²) in [7, 11) is 0. The van der Waals surface area contributed by atoms with Gasteiger partial charge in [0.25, 0.3) is 0 Å². The summed E-state index contributed by atoms with van der Waals surface area (Å²) >= 11 is 15.0. The molecule has 66 valence electrons. The Hall–Kier alpha value is 0.210. The molecule has 0 amide bonds. The van der Waals surface area contributed by atoms with Crippen LogP contribution in [-0.2, 0) is 0 Å². The van der Waals surface area contributed by atoms with Crippen LogP contribution in [0.15, 0.2) is 12.3 Å². The normalized spacial score (nSPS) is 13.0. The van der Waals surface area contributed by atoms with Crippen LogP contribution in [0.25, 0.3) is 0 Å². The van der Waals surface area contributed by atoms with E-state index < -0.39 is 0 Å². The minimum Gasteiger partial charge on any atom is -0.258 e. The highest BCUT2D eigenvalue weighted by Crippen LogP contribution is 2.25. The van der Waals surface area contributed by atoms with Crippen molar-refractivity contribution in [2.75, 3.05) is 5.33 Å². The van der Waals surface area contributed by atoms with Crippen LogP contribution >= 0.6 is 39.1 Å². The lowest BCUT2D eigenvalue weighted by atomic mass is 10.1. The average Bonchev–Trinajstić information content (AvgIpc) is 2.03. The highest BCUT2D eigenvalue weighted by atomic mass is 79.9. The van der Waals surface area contributed by atoms with Gasteiger partial charge in [0.2, 0.25) is 0 Å². The molecule has 0 radical (unpaired) electrons. The zero-order valence-corrected chi connectivity index (χ0v) is 9.62. The summed E-state index contributed by atoms with van der Waals surface area (Å²) in [4.78, 5) is 4.15. The molecule has 12 heavy (non-hydrogen) atoms. The molecule has 0 aliphatic heterocycles. The molecule has 0 aliphatic rings. The Morgan fingerprint density at radius 1 is 1.58 bits per heavy atom. The van der Waals surface area contributed by atoms with Gasteiger partial charge in [0, 0.05) is 17.4 Å². The van der Waals surface area contributed by atoms with Crippen molar-refractivity contribution in [1.82, 2.24) is 4.98 Å². The topological polar surface area (TPSA) is 12.9 Å². The number of pyridine rings is 1. The van der Waals surface area contributed by atoms with Gasteiger partial charge >= 0.3 is 0 Å². The standard InChI is InChI=1S/C8H8BrCl2N/c1-5(3-9)8-7(11)2-6(10)4-12-8/h2,4-5H,3H2,1H3. The van der Waals surface area contributed by atoms with Crippen molar-refractivity contribution in [3.8, 4) is 0 Å². The summed E-state index contributed by atoms with van der Waals surface area (Å²) in [5.74, 6) is 0.315. The fourth-order valence-electron chi connectivity index (χ4n) is 0.861. The lowest BCUT2D eigenvalue weighted by molar-refractivity contribution is 0.841. The van der Waals surface area contributed by atoms with Crippen LogP contribution in [0.1, 0.15) is 18.5 Å². The molecule has 1 atom stereocenters. The van der Waals surface area contributed by atoms with Gasteiger partial charge in [0.05, 0.1) is 15.7 Å². The summed E-state index contributed by atoms with van der Waals surface area (Å²) in [5.41, 5.74) is 0.887. The van der Waals surface area contributed by atoms with Gasteiger partial charge in [-0.15, -0.1) is 0 Å². The SMILES string of the molecule is CC(CBr)c1ncc(Cl)cc1Cl. The molecule has 0 spiro atoms. The van der Waals surface area contributed by atoms with Crippen molar-refractivity contribution in [3.05, 3.63) is 28.0 Å². The quantitative estimate of drug-likeness (QED) is 0.742. The third-order valence-electron chi connectivity index (χ3n) is 1.53. The van der Waals surface area contributed by atoms with E-state index in [4.69, 9.17) is 23.2 Å². The Kier molecular flexibility index (Phi) is 3.81. The second-order valence-electron chi connectivity index (χ2n) is 2.58. The summed E-state index contributed by atoms with van der Waals surface area (Å²) in [6, 6.07) is 1.71. The molecule has 1 nitrogen and oxygen atoms in total. The molecule has 0 N–H and O–H groups in total. The van der Waals surface area contributed by atoms with E-state index in [1.165, 1.54) is 0 Å². The van der Waals surface area contributed by atoms with Crippen LogP contribution in [0.2, 0.25) is 10.0 Å². The Balaban J connectivity index is 3.01. The minimum absolute atomic E-state index is 0.315. The molecular weight excluding hydrogens is 261 g/mol. The summed E-state index contributed by atoms with van der Waals surface area (Å²) in [6.45, 7) is 2.05. The van der Waals surface area contributed by atoms with Crippen LogP contribution in [0.3, 0.4) is 0 Å². The van der Waals surface area contributed by atoms with Gasteiger partial charge < -0.3 is 0 Å². The summed E-state index contributed by atoms with van der Waals surface area (Å²) < 4.78 is 0. The van der Waals surface area contributed by atoms with Crippen molar-refractivity contribution in [2.24, 2.45) is 0 Å². The molecule has 0 aliphatic carbocycles. The zero-order chi connectivity index (χ0) is 9.14. The van der Waals surface area contributed by atoms with Crippen LogP contribution < -0.4 is 0 Å². The molecule has 1 unspecified atom stereocenters. The molecule has 1 rings (SSSR count). The predicted molar refractivity (Wildman–Crippen MR) is 56.5 cm³/mol. The van der Waals surface area contributed by atoms with E-state index in [0.717, 1.165) is 11.0 Å². The molecule has 1 heterocycles. The first-order chi connectivity index (χ1) is 5.65.